The number of sulfonamides is 1. The van der Waals surface area contributed by atoms with Gasteiger partial charge in [0.05, 0.1) is 11.7 Å². The molecule has 1 aliphatic rings. The molecule has 1 unspecified atom stereocenters. The standard InChI is InChI=1S/C21H22Cl2N2O4S/c1-14(26)15-5-2-7-17(11-15)24-21(27)16-6-4-10-25(12-16)30(28,29)13-18-19(22)8-3-9-20(18)23/h2-3,5,7-9,11,16H,4,6,10,12-13H2,1H3,(H,24,27). The van der Waals surface area contributed by atoms with Gasteiger partial charge in [0.2, 0.25) is 15.9 Å². The van der Waals surface area contributed by atoms with Crippen LogP contribution in [-0.2, 0) is 20.6 Å². The van der Waals surface area contributed by atoms with Gasteiger partial charge < -0.3 is 5.32 Å². The Kier molecular flexibility index (Phi) is 7.18. The van der Waals surface area contributed by atoms with Gasteiger partial charge in [0.1, 0.15) is 0 Å². The van der Waals surface area contributed by atoms with E-state index >= 15 is 0 Å². The van der Waals surface area contributed by atoms with Crippen molar-refractivity contribution in [3.05, 3.63) is 63.6 Å². The van der Waals surface area contributed by atoms with Gasteiger partial charge >= 0.3 is 0 Å². The van der Waals surface area contributed by atoms with Crippen molar-refractivity contribution in [3.8, 4) is 0 Å². The van der Waals surface area contributed by atoms with E-state index < -0.39 is 15.9 Å². The number of amides is 1. The SMILES string of the molecule is CC(=O)c1cccc(NC(=O)C2CCCN(S(=O)(=O)Cc3c(Cl)cccc3Cl)C2)c1. The number of rotatable bonds is 6. The molecule has 0 aromatic heterocycles. The van der Waals surface area contributed by atoms with Crippen molar-refractivity contribution < 1.29 is 18.0 Å². The van der Waals surface area contributed by atoms with Crippen molar-refractivity contribution in [2.24, 2.45) is 5.92 Å². The summed E-state index contributed by atoms with van der Waals surface area (Å²) in [5, 5.41) is 3.38. The molecule has 1 N–H and O–H groups in total. The fourth-order valence-electron chi connectivity index (χ4n) is 3.41. The fourth-order valence-corrected chi connectivity index (χ4v) is 5.78. The van der Waals surface area contributed by atoms with Gasteiger partial charge in [-0.3, -0.25) is 9.59 Å². The Balaban J connectivity index is 1.70. The van der Waals surface area contributed by atoms with Gasteiger partial charge in [0, 0.05) is 39.9 Å². The topological polar surface area (TPSA) is 83.6 Å². The highest BCUT2D eigenvalue weighted by Crippen LogP contribution is 2.29. The molecule has 1 heterocycles. The van der Waals surface area contributed by atoms with Crippen LogP contribution in [0.4, 0.5) is 5.69 Å². The molecule has 1 amide bonds. The summed E-state index contributed by atoms with van der Waals surface area (Å²) in [7, 11) is -3.70. The normalized spacial score (nSPS) is 17.5. The Morgan fingerprint density at radius 2 is 1.80 bits per heavy atom. The van der Waals surface area contributed by atoms with Crippen LogP contribution in [0.15, 0.2) is 42.5 Å². The van der Waals surface area contributed by atoms with E-state index in [2.05, 4.69) is 5.32 Å². The summed E-state index contributed by atoms with van der Waals surface area (Å²) in [6.07, 6.45) is 1.15. The minimum absolute atomic E-state index is 0.0859. The molecule has 2 aromatic rings. The van der Waals surface area contributed by atoms with Crippen LogP contribution in [0, 0.1) is 5.92 Å². The summed E-state index contributed by atoms with van der Waals surface area (Å²) in [6, 6.07) is 11.5. The van der Waals surface area contributed by atoms with Crippen LogP contribution in [0.2, 0.25) is 10.0 Å². The zero-order chi connectivity index (χ0) is 21.9. The van der Waals surface area contributed by atoms with E-state index in [0.717, 1.165) is 0 Å². The number of piperidine rings is 1. The molecule has 0 bridgehead atoms. The Morgan fingerprint density at radius 1 is 1.13 bits per heavy atom. The highest BCUT2D eigenvalue weighted by molar-refractivity contribution is 7.88. The van der Waals surface area contributed by atoms with Gasteiger partial charge in [-0.05, 0) is 44.0 Å². The highest BCUT2D eigenvalue weighted by Gasteiger charge is 2.33. The van der Waals surface area contributed by atoms with E-state index in [9.17, 15) is 18.0 Å². The molecule has 0 saturated carbocycles. The molecule has 2 aromatic carbocycles. The molecule has 30 heavy (non-hydrogen) atoms. The number of hydrogen-bond donors (Lipinski definition) is 1. The highest BCUT2D eigenvalue weighted by atomic mass is 35.5. The number of hydrogen-bond acceptors (Lipinski definition) is 4. The van der Waals surface area contributed by atoms with Crippen LogP contribution in [0.25, 0.3) is 0 Å². The Bertz CT molecular complexity index is 1050. The first-order valence-electron chi connectivity index (χ1n) is 9.50. The van der Waals surface area contributed by atoms with Gasteiger partial charge in [-0.1, -0.05) is 41.4 Å². The van der Waals surface area contributed by atoms with Crippen molar-refractivity contribution >= 4 is 50.6 Å². The van der Waals surface area contributed by atoms with Crippen LogP contribution in [0.5, 0.6) is 0 Å². The van der Waals surface area contributed by atoms with Gasteiger partial charge in [-0.15, -0.1) is 0 Å². The van der Waals surface area contributed by atoms with E-state index in [1.54, 1.807) is 42.5 Å². The summed E-state index contributed by atoms with van der Waals surface area (Å²) in [5.41, 5.74) is 1.36. The molecule has 9 heteroatoms. The number of nitrogens with zero attached hydrogens (tertiary/aromatic N) is 1. The number of nitrogens with one attached hydrogen (secondary N) is 1. The predicted molar refractivity (Wildman–Crippen MR) is 118 cm³/mol. The lowest BCUT2D eigenvalue weighted by molar-refractivity contribution is -0.120. The van der Waals surface area contributed by atoms with E-state index in [1.165, 1.54) is 11.2 Å². The number of carbonyl (C=O) groups is 2. The van der Waals surface area contributed by atoms with Crippen molar-refractivity contribution in [1.82, 2.24) is 4.31 Å². The molecule has 6 nitrogen and oxygen atoms in total. The van der Waals surface area contributed by atoms with Gasteiger partial charge in [0.15, 0.2) is 5.78 Å². The molecular weight excluding hydrogens is 447 g/mol. The first-order chi connectivity index (χ1) is 14.2. The first kappa shape index (κ1) is 22.7. The average Bonchev–Trinajstić information content (AvgIpc) is 2.71. The molecule has 0 aliphatic carbocycles. The maximum Gasteiger partial charge on any atom is 0.228 e. The molecule has 1 fully saturated rings. The molecule has 160 valence electrons. The third-order valence-corrected chi connectivity index (χ3v) is 7.55. The van der Waals surface area contributed by atoms with E-state index in [0.29, 0.717) is 46.2 Å². The number of ketones is 1. The summed E-state index contributed by atoms with van der Waals surface area (Å²) in [4.78, 5) is 24.3. The van der Waals surface area contributed by atoms with Gasteiger partial charge in [0.25, 0.3) is 0 Å². The van der Waals surface area contributed by atoms with Crippen molar-refractivity contribution in [2.75, 3.05) is 18.4 Å². The number of anilines is 1. The maximum atomic E-state index is 12.9. The summed E-state index contributed by atoms with van der Waals surface area (Å²) < 4.78 is 27.2. The lowest BCUT2D eigenvalue weighted by atomic mass is 9.98. The van der Waals surface area contributed by atoms with Crippen molar-refractivity contribution in [1.29, 1.82) is 0 Å². The number of Topliss-reactive ketones (excluding diaryl/α,β-unsaturated/α-hetero) is 1. The monoisotopic (exact) mass is 468 g/mol. The van der Waals surface area contributed by atoms with Crippen LogP contribution < -0.4 is 5.32 Å². The van der Waals surface area contributed by atoms with Gasteiger partial charge in [-0.2, -0.15) is 0 Å². The molecule has 1 aliphatic heterocycles. The smallest absolute Gasteiger partial charge is 0.228 e. The molecular formula is C21H22Cl2N2O4S. The number of carbonyl (C=O) groups excluding carboxylic acids is 2. The molecule has 0 radical (unpaired) electrons. The summed E-state index contributed by atoms with van der Waals surface area (Å²) in [6.45, 7) is 1.88. The van der Waals surface area contributed by atoms with Crippen molar-refractivity contribution in [2.45, 2.75) is 25.5 Å². The van der Waals surface area contributed by atoms with E-state index in [4.69, 9.17) is 23.2 Å². The average molecular weight is 469 g/mol. The predicted octanol–water partition coefficient (Wildman–Crippen LogP) is 4.38. The zero-order valence-corrected chi connectivity index (χ0v) is 18.7. The second-order valence-corrected chi connectivity index (χ2v) is 10.1. The summed E-state index contributed by atoms with van der Waals surface area (Å²) in [5.74, 6) is -1.18. The lowest BCUT2D eigenvalue weighted by Crippen LogP contribution is -2.44. The van der Waals surface area contributed by atoms with Gasteiger partial charge in [-0.25, -0.2) is 12.7 Å². The third kappa shape index (κ3) is 5.40. The number of benzene rings is 2. The van der Waals surface area contributed by atoms with Crippen LogP contribution in [0.3, 0.4) is 0 Å². The summed E-state index contributed by atoms with van der Waals surface area (Å²) >= 11 is 12.2. The lowest BCUT2D eigenvalue weighted by Gasteiger charge is -2.31. The minimum atomic E-state index is -3.70. The first-order valence-corrected chi connectivity index (χ1v) is 11.9. The molecule has 3 rings (SSSR count). The Hall–Kier alpha value is -1.93. The Morgan fingerprint density at radius 3 is 2.47 bits per heavy atom. The molecule has 0 spiro atoms. The second kappa shape index (κ2) is 9.47. The van der Waals surface area contributed by atoms with E-state index in [-0.39, 0.29) is 24.0 Å². The van der Waals surface area contributed by atoms with Crippen LogP contribution >= 0.6 is 23.2 Å². The third-order valence-electron chi connectivity index (χ3n) is 5.07. The van der Waals surface area contributed by atoms with Crippen molar-refractivity contribution in [3.63, 3.8) is 0 Å². The minimum Gasteiger partial charge on any atom is -0.326 e. The van der Waals surface area contributed by atoms with Crippen LogP contribution in [0.1, 0.15) is 35.7 Å². The zero-order valence-electron chi connectivity index (χ0n) is 16.4. The largest absolute Gasteiger partial charge is 0.326 e. The Labute approximate surface area is 186 Å². The van der Waals surface area contributed by atoms with E-state index in [1.807, 2.05) is 0 Å². The maximum absolute atomic E-state index is 12.9. The second-order valence-electron chi connectivity index (χ2n) is 7.28. The van der Waals surface area contributed by atoms with Crippen LogP contribution in [-0.4, -0.2) is 37.5 Å². The molecule has 1 atom stereocenters. The fraction of sp³-hybridized carbons (Fsp3) is 0.333. The molecule has 1 saturated heterocycles. The number of halogens is 2. The quantitative estimate of drug-likeness (QED) is 0.637.